The van der Waals surface area contributed by atoms with Crippen LogP contribution >= 0.6 is 0 Å². The van der Waals surface area contributed by atoms with Gasteiger partial charge in [-0.05, 0) is 12.1 Å². The number of nitrogens with zero attached hydrogens (tertiary/aromatic N) is 3. The summed E-state index contributed by atoms with van der Waals surface area (Å²) in [4.78, 5) is 24.1. The average molecular weight is 312 g/mol. The van der Waals surface area contributed by atoms with Crippen LogP contribution < -0.4 is 5.73 Å². The Labute approximate surface area is 134 Å². The van der Waals surface area contributed by atoms with Gasteiger partial charge in [-0.1, -0.05) is 39.0 Å². The first kappa shape index (κ1) is 15.3. The molecule has 0 spiro atoms. The molecule has 1 aliphatic heterocycles. The zero-order chi connectivity index (χ0) is 16.8. The van der Waals surface area contributed by atoms with Gasteiger partial charge in [0.05, 0.1) is 12.3 Å². The third-order valence-electron chi connectivity index (χ3n) is 3.98. The standard InChI is InChI=1S/C17H20N4O2/c1-17(2,3)14-9-20-12-7-5-4-6-11(12)8-13(20)16(23)21(19-14)10-15(18)22/h4-8H,9-10H2,1-3H3,(H2,18,22). The van der Waals surface area contributed by atoms with E-state index in [0.29, 0.717) is 12.2 Å². The van der Waals surface area contributed by atoms with Crippen molar-refractivity contribution >= 4 is 28.4 Å². The number of fused-ring (bicyclic) bond motifs is 3. The van der Waals surface area contributed by atoms with Crippen molar-refractivity contribution in [2.45, 2.75) is 27.3 Å². The SMILES string of the molecule is CC(C)(C)C1=NN(CC(N)=O)C(=O)c2cc3ccccc3n2C1. The van der Waals surface area contributed by atoms with E-state index in [1.807, 2.05) is 55.7 Å². The molecule has 0 radical (unpaired) electrons. The maximum Gasteiger partial charge on any atom is 0.291 e. The van der Waals surface area contributed by atoms with Gasteiger partial charge in [-0.15, -0.1) is 0 Å². The van der Waals surface area contributed by atoms with E-state index in [0.717, 1.165) is 16.6 Å². The molecule has 1 aromatic carbocycles. The smallest absolute Gasteiger partial charge is 0.291 e. The minimum atomic E-state index is -0.583. The molecule has 0 fully saturated rings. The zero-order valence-corrected chi connectivity index (χ0v) is 13.5. The van der Waals surface area contributed by atoms with Crippen molar-refractivity contribution in [3.8, 4) is 0 Å². The molecule has 0 aliphatic carbocycles. The molecular weight excluding hydrogens is 292 g/mol. The minimum absolute atomic E-state index is 0.222. The quantitative estimate of drug-likeness (QED) is 0.920. The van der Waals surface area contributed by atoms with Gasteiger partial charge in [-0.2, -0.15) is 5.10 Å². The number of carbonyl (C=O) groups is 2. The highest BCUT2D eigenvalue weighted by molar-refractivity contribution is 6.03. The summed E-state index contributed by atoms with van der Waals surface area (Å²) in [5, 5.41) is 6.61. The van der Waals surface area contributed by atoms with E-state index in [-0.39, 0.29) is 17.9 Å². The van der Waals surface area contributed by atoms with Crippen LogP contribution in [0.5, 0.6) is 0 Å². The van der Waals surface area contributed by atoms with E-state index >= 15 is 0 Å². The van der Waals surface area contributed by atoms with Gasteiger partial charge in [0.15, 0.2) is 0 Å². The second-order valence-electron chi connectivity index (χ2n) is 6.80. The van der Waals surface area contributed by atoms with Crippen LogP contribution in [0.15, 0.2) is 35.4 Å². The summed E-state index contributed by atoms with van der Waals surface area (Å²) in [5.74, 6) is -0.890. The van der Waals surface area contributed by atoms with Gasteiger partial charge in [-0.25, -0.2) is 5.01 Å². The summed E-state index contributed by atoms with van der Waals surface area (Å²) < 4.78 is 1.96. The van der Waals surface area contributed by atoms with Crippen molar-refractivity contribution in [3.05, 3.63) is 36.0 Å². The van der Waals surface area contributed by atoms with Crippen molar-refractivity contribution in [2.24, 2.45) is 16.3 Å². The van der Waals surface area contributed by atoms with Gasteiger partial charge in [0.1, 0.15) is 12.2 Å². The number of primary amides is 1. The third-order valence-corrected chi connectivity index (χ3v) is 3.98. The van der Waals surface area contributed by atoms with E-state index in [4.69, 9.17) is 5.73 Å². The lowest BCUT2D eigenvalue weighted by atomic mass is 9.90. The van der Waals surface area contributed by atoms with E-state index in [2.05, 4.69) is 5.10 Å². The van der Waals surface area contributed by atoms with E-state index < -0.39 is 5.91 Å². The molecule has 2 heterocycles. The molecule has 1 aromatic heterocycles. The molecule has 2 aromatic rings. The van der Waals surface area contributed by atoms with Crippen LogP contribution in [0.4, 0.5) is 0 Å². The molecular formula is C17H20N4O2. The highest BCUT2D eigenvalue weighted by Crippen LogP contribution is 2.27. The van der Waals surface area contributed by atoms with Gasteiger partial charge >= 0.3 is 0 Å². The van der Waals surface area contributed by atoms with Crippen LogP contribution in [-0.2, 0) is 11.3 Å². The molecule has 3 rings (SSSR count). The Morgan fingerprint density at radius 3 is 2.65 bits per heavy atom. The Balaban J connectivity index is 2.20. The second kappa shape index (κ2) is 5.22. The topological polar surface area (TPSA) is 80.7 Å². The Hall–Kier alpha value is -2.63. The number of hydrogen-bond acceptors (Lipinski definition) is 3. The summed E-state index contributed by atoms with van der Waals surface area (Å²) in [6.07, 6.45) is 0. The normalized spacial score (nSPS) is 15.3. The first-order valence-corrected chi connectivity index (χ1v) is 7.54. The minimum Gasteiger partial charge on any atom is -0.368 e. The van der Waals surface area contributed by atoms with Crippen LogP contribution in [0.3, 0.4) is 0 Å². The lowest BCUT2D eigenvalue weighted by Gasteiger charge is -2.22. The van der Waals surface area contributed by atoms with Gasteiger partial charge in [0, 0.05) is 16.3 Å². The molecule has 1 aliphatic rings. The van der Waals surface area contributed by atoms with Gasteiger partial charge < -0.3 is 10.3 Å². The van der Waals surface area contributed by atoms with E-state index in [1.54, 1.807) is 0 Å². The molecule has 0 saturated heterocycles. The summed E-state index contributed by atoms with van der Waals surface area (Å²) in [6, 6.07) is 9.67. The second-order valence-corrected chi connectivity index (χ2v) is 6.80. The maximum absolute atomic E-state index is 12.8. The lowest BCUT2D eigenvalue weighted by molar-refractivity contribution is -0.118. The van der Waals surface area contributed by atoms with Crippen LogP contribution in [0.1, 0.15) is 31.3 Å². The Morgan fingerprint density at radius 1 is 1.30 bits per heavy atom. The highest BCUT2D eigenvalue weighted by Gasteiger charge is 2.30. The third kappa shape index (κ3) is 2.72. The molecule has 120 valence electrons. The van der Waals surface area contributed by atoms with Crippen molar-refractivity contribution in [3.63, 3.8) is 0 Å². The number of aromatic nitrogens is 1. The van der Waals surface area contributed by atoms with Crippen molar-refractivity contribution in [1.82, 2.24) is 9.58 Å². The molecule has 2 N–H and O–H groups in total. The number of rotatable bonds is 2. The number of para-hydroxylation sites is 1. The number of nitrogens with two attached hydrogens (primary N) is 1. The summed E-state index contributed by atoms with van der Waals surface area (Å²) >= 11 is 0. The summed E-state index contributed by atoms with van der Waals surface area (Å²) in [7, 11) is 0. The zero-order valence-electron chi connectivity index (χ0n) is 13.5. The molecule has 0 atom stereocenters. The lowest BCUT2D eigenvalue weighted by Crippen LogP contribution is -2.35. The maximum atomic E-state index is 12.8. The van der Waals surface area contributed by atoms with Crippen molar-refractivity contribution in [2.75, 3.05) is 6.54 Å². The van der Waals surface area contributed by atoms with Crippen LogP contribution in [0.25, 0.3) is 10.9 Å². The molecule has 2 amide bonds. The van der Waals surface area contributed by atoms with Crippen LogP contribution in [0.2, 0.25) is 0 Å². The van der Waals surface area contributed by atoms with Crippen molar-refractivity contribution in [1.29, 1.82) is 0 Å². The highest BCUT2D eigenvalue weighted by atomic mass is 16.2. The molecule has 0 unspecified atom stereocenters. The first-order valence-electron chi connectivity index (χ1n) is 7.54. The summed E-state index contributed by atoms with van der Waals surface area (Å²) in [5.41, 5.74) is 7.37. The Kier molecular flexibility index (Phi) is 3.47. The van der Waals surface area contributed by atoms with Crippen molar-refractivity contribution < 1.29 is 9.59 Å². The molecule has 0 saturated carbocycles. The van der Waals surface area contributed by atoms with E-state index in [1.165, 1.54) is 5.01 Å². The molecule has 6 nitrogen and oxygen atoms in total. The van der Waals surface area contributed by atoms with Gasteiger partial charge in [0.25, 0.3) is 5.91 Å². The predicted molar refractivity (Wildman–Crippen MR) is 89.1 cm³/mol. The fraction of sp³-hybridized carbons (Fsp3) is 0.353. The largest absolute Gasteiger partial charge is 0.368 e. The van der Waals surface area contributed by atoms with Gasteiger partial charge in [0.2, 0.25) is 5.91 Å². The monoisotopic (exact) mass is 312 g/mol. The predicted octanol–water partition coefficient (Wildman–Crippen LogP) is 1.98. The molecule has 23 heavy (non-hydrogen) atoms. The number of benzene rings is 1. The average Bonchev–Trinajstić information content (AvgIpc) is 2.76. The fourth-order valence-corrected chi connectivity index (χ4v) is 2.70. The molecule has 0 bridgehead atoms. The number of hydrogen-bond donors (Lipinski definition) is 1. The number of carbonyl (C=O) groups excluding carboxylic acids is 2. The van der Waals surface area contributed by atoms with Crippen LogP contribution in [-0.4, -0.2) is 33.6 Å². The van der Waals surface area contributed by atoms with Crippen LogP contribution in [0, 0.1) is 5.41 Å². The Morgan fingerprint density at radius 2 is 2.00 bits per heavy atom. The van der Waals surface area contributed by atoms with E-state index in [9.17, 15) is 9.59 Å². The Bertz CT molecular complexity index is 827. The first-order chi connectivity index (χ1) is 10.8. The number of amides is 2. The van der Waals surface area contributed by atoms with Gasteiger partial charge in [-0.3, -0.25) is 9.59 Å². The molecule has 6 heteroatoms. The number of hydrazone groups is 1. The fourth-order valence-electron chi connectivity index (χ4n) is 2.70. The summed E-state index contributed by atoms with van der Waals surface area (Å²) in [6.45, 7) is 6.40.